The van der Waals surface area contributed by atoms with E-state index in [0.717, 1.165) is 44.1 Å². The number of likely N-dealkylation sites (tertiary alicyclic amines) is 1. The lowest BCUT2D eigenvalue weighted by Crippen LogP contribution is -2.48. The average Bonchev–Trinajstić information content (AvgIpc) is 3.18. The van der Waals surface area contributed by atoms with Crippen LogP contribution in [0.3, 0.4) is 0 Å². The Morgan fingerprint density at radius 3 is 2.85 bits per heavy atom. The SMILES string of the molecule is Cc1ccnc(N2CCC3CCN(Cc4cn(C)nc4C(F)F)C3C2)n1. The first-order valence-corrected chi connectivity index (χ1v) is 9.10. The molecule has 0 saturated carbocycles. The minimum Gasteiger partial charge on any atom is -0.339 e. The highest BCUT2D eigenvalue weighted by Gasteiger charge is 2.39. The molecule has 140 valence electrons. The summed E-state index contributed by atoms with van der Waals surface area (Å²) in [5, 5.41) is 3.94. The molecule has 2 aliphatic rings. The fourth-order valence-electron chi connectivity index (χ4n) is 4.27. The van der Waals surface area contributed by atoms with Crippen LogP contribution in [0.2, 0.25) is 0 Å². The highest BCUT2D eigenvalue weighted by Crippen LogP contribution is 2.34. The van der Waals surface area contributed by atoms with Crippen molar-refractivity contribution in [3.05, 3.63) is 35.4 Å². The van der Waals surface area contributed by atoms with E-state index in [4.69, 9.17) is 0 Å². The molecule has 2 unspecified atom stereocenters. The summed E-state index contributed by atoms with van der Waals surface area (Å²) < 4.78 is 28.0. The molecule has 8 heteroatoms. The van der Waals surface area contributed by atoms with E-state index < -0.39 is 6.43 Å². The molecule has 2 aliphatic heterocycles. The van der Waals surface area contributed by atoms with Crippen LogP contribution in [-0.4, -0.2) is 50.3 Å². The molecule has 2 aromatic heterocycles. The summed E-state index contributed by atoms with van der Waals surface area (Å²) in [5.74, 6) is 1.38. The summed E-state index contributed by atoms with van der Waals surface area (Å²) in [7, 11) is 1.69. The van der Waals surface area contributed by atoms with E-state index in [1.165, 1.54) is 4.68 Å². The van der Waals surface area contributed by atoms with Gasteiger partial charge in [-0.15, -0.1) is 0 Å². The normalized spacial score (nSPS) is 23.7. The van der Waals surface area contributed by atoms with Gasteiger partial charge in [0.25, 0.3) is 6.43 Å². The lowest BCUT2D eigenvalue weighted by molar-refractivity contribution is 0.140. The van der Waals surface area contributed by atoms with Gasteiger partial charge in [-0.25, -0.2) is 18.7 Å². The van der Waals surface area contributed by atoms with E-state index in [2.05, 4.69) is 24.9 Å². The number of aromatic nitrogens is 4. The summed E-state index contributed by atoms with van der Waals surface area (Å²) >= 11 is 0. The number of nitrogens with zero attached hydrogens (tertiary/aromatic N) is 6. The number of hydrogen-bond acceptors (Lipinski definition) is 5. The van der Waals surface area contributed by atoms with E-state index in [-0.39, 0.29) is 5.69 Å². The first-order chi connectivity index (χ1) is 12.5. The van der Waals surface area contributed by atoms with E-state index in [0.29, 0.717) is 24.1 Å². The summed E-state index contributed by atoms with van der Waals surface area (Å²) in [5.41, 5.74) is 1.50. The fourth-order valence-corrected chi connectivity index (χ4v) is 4.27. The van der Waals surface area contributed by atoms with Crippen LogP contribution in [0, 0.1) is 12.8 Å². The van der Waals surface area contributed by atoms with Gasteiger partial charge >= 0.3 is 0 Å². The van der Waals surface area contributed by atoms with Crippen LogP contribution in [0.25, 0.3) is 0 Å². The second-order valence-electron chi connectivity index (χ2n) is 7.33. The largest absolute Gasteiger partial charge is 0.339 e. The van der Waals surface area contributed by atoms with E-state index in [1.54, 1.807) is 19.4 Å². The van der Waals surface area contributed by atoms with Gasteiger partial charge in [-0.3, -0.25) is 9.58 Å². The lowest BCUT2D eigenvalue weighted by Gasteiger charge is -2.38. The molecule has 0 N–H and O–H groups in total. The van der Waals surface area contributed by atoms with Crippen LogP contribution in [0.1, 0.15) is 36.2 Å². The molecule has 2 atom stereocenters. The van der Waals surface area contributed by atoms with E-state index in [1.807, 2.05) is 13.0 Å². The van der Waals surface area contributed by atoms with Crippen molar-refractivity contribution in [2.24, 2.45) is 13.0 Å². The van der Waals surface area contributed by atoms with Gasteiger partial charge in [0.2, 0.25) is 5.95 Å². The number of anilines is 1. The molecule has 0 spiro atoms. The van der Waals surface area contributed by atoms with Gasteiger partial charge in [0.05, 0.1) is 0 Å². The molecule has 4 heterocycles. The number of hydrogen-bond donors (Lipinski definition) is 0. The Hall–Kier alpha value is -2.09. The van der Waals surface area contributed by atoms with Crippen LogP contribution in [0.5, 0.6) is 0 Å². The standard InChI is InChI=1S/C18H24F2N6/c1-12-3-6-21-18(22-12)26-8-5-13-4-7-25(15(13)11-26)10-14-9-24(2)23-16(14)17(19)20/h3,6,9,13,15,17H,4-5,7-8,10-11H2,1-2H3. The number of alkyl halides is 2. The Labute approximate surface area is 151 Å². The zero-order valence-corrected chi connectivity index (χ0v) is 15.1. The minimum absolute atomic E-state index is 0.0920. The maximum absolute atomic E-state index is 13.2. The fraction of sp³-hybridized carbons (Fsp3) is 0.611. The van der Waals surface area contributed by atoms with Gasteiger partial charge in [0, 0.05) is 56.4 Å². The van der Waals surface area contributed by atoms with Crippen LogP contribution < -0.4 is 4.90 Å². The summed E-state index contributed by atoms with van der Waals surface area (Å²) in [6.07, 6.45) is 3.19. The summed E-state index contributed by atoms with van der Waals surface area (Å²) in [6, 6.07) is 2.24. The smallest absolute Gasteiger partial charge is 0.282 e. The molecule has 0 amide bonds. The molecule has 2 aromatic rings. The molecule has 0 aliphatic carbocycles. The van der Waals surface area contributed by atoms with Gasteiger partial charge in [-0.05, 0) is 38.3 Å². The molecular weight excluding hydrogens is 338 g/mol. The highest BCUT2D eigenvalue weighted by atomic mass is 19.3. The van der Waals surface area contributed by atoms with Crippen molar-refractivity contribution >= 4 is 5.95 Å². The van der Waals surface area contributed by atoms with Gasteiger partial charge in [0.1, 0.15) is 5.69 Å². The van der Waals surface area contributed by atoms with Gasteiger partial charge in [-0.1, -0.05) is 0 Å². The first kappa shape index (κ1) is 17.3. The average molecular weight is 362 g/mol. The predicted molar refractivity (Wildman–Crippen MR) is 94.1 cm³/mol. The predicted octanol–water partition coefficient (Wildman–Crippen LogP) is 2.56. The van der Waals surface area contributed by atoms with Crippen LogP contribution >= 0.6 is 0 Å². The molecule has 0 radical (unpaired) electrons. The molecule has 0 aromatic carbocycles. The Morgan fingerprint density at radius 2 is 2.08 bits per heavy atom. The van der Waals surface area contributed by atoms with Crippen molar-refractivity contribution in [1.82, 2.24) is 24.6 Å². The van der Waals surface area contributed by atoms with Crippen molar-refractivity contribution in [2.75, 3.05) is 24.5 Å². The monoisotopic (exact) mass is 362 g/mol. The number of fused-ring (bicyclic) bond motifs is 1. The summed E-state index contributed by atoms with van der Waals surface area (Å²) in [6.45, 7) is 5.23. The van der Waals surface area contributed by atoms with Crippen LogP contribution in [0.15, 0.2) is 18.5 Å². The van der Waals surface area contributed by atoms with E-state index >= 15 is 0 Å². The van der Waals surface area contributed by atoms with Crippen molar-refractivity contribution in [2.45, 2.75) is 38.8 Å². The third-order valence-electron chi connectivity index (χ3n) is 5.56. The zero-order valence-electron chi connectivity index (χ0n) is 15.1. The molecule has 26 heavy (non-hydrogen) atoms. The second-order valence-corrected chi connectivity index (χ2v) is 7.33. The van der Waals surface area contributed by atoms with Crippen LogP contribution in [-0.2, 0) is 13.6 Å². The maximum atomic E-state index is 13.2. The van der Waals surface area contributed by atoms with E-state index in [9.17, 15) is 8.78 Å². The molecule has 2 saturated heterocycles. The zero-order chi connectivity index (χ0) is 18.3. The lowest BCUT2D eigenvalue weighted by atomic mass is 9.92. The topological polar surface area (TPSA) is 50.1 Å². The molecule has 6 nitrogen and oxygen atoms in total. The first-order valence-electron chi connectivity index (χ1n) is 9.10. The Kier molecular flexibility index (Phi) is 4.60. The number of rotatable bonds is 4. The Bertz CT molecular complexity index is 777. The third kappa shape index (κ3) is 3.30. The number of halogens is 2. The Morgan fingerprint density at radius 1 is 1.27 bits per heavy atom. The van der Waals surface area contributed by atoms with Gasteiger partial charge in [0.15, 0.2) is 0 Å². The van der Waals surface area contributed by atoms with Crippen molar-refractivity contribution < 1.29 is 8.78 Å². The summed E-state index contributed by atoms with van der Waals surface area (Å²) in [4.78, 5) is 13.5. The maximum Gasteiger partial charge on any atom is 0.282 e. The molecule has 4 rings (SSSR count). The molecule has 0 bridgehead atoms. The molecular formula is C18H24F2N6. The minimum atomic E-state index is -2.53. The quantitative estimate of drug-likeness (QED) is 0.837. The number of aryl methyl sites for hydroxylation is 2. The Balaban J connectivity index is 1.51. The number of piperidine rings is 1. The second kappa shape index (κ2) is 6.90. The van der Waals surface area contributed by atoms with Gasteiger partial charge < -0.3 is 4.90 Å². The van der Waals surface area contributed by atoms with Crippen molar-refractivity contribution in [3.63, 3.8) is 0 Å². The molecule has 2 fully saturated rings. The van der Waals surface area contributed by atoms with Crippen molar-refractivity contribution in [1.29, 1.82) is 0 Å². The highest BCUT2D eigenvalue weighted by molar-refractivity contribution is 5.32. The third-order valence-corrected chi connectivity index (χ3v) is 5.56. The van der Waals surface area contributed by atoms with Crippen LogP contribution in [0.4, 0.5) is 14.7 Å². The van der Waals surface area contributed by atoms with Crippen molar-refractivity contribution in [3.8, 4) is 0 Å². The van der Waals surface area contributed by atoms with Gasteiger partial charge in [-0.2, -0.15) is 5.10 Å².